The average Bonchev–Trinajstić information content (AvgIpc) is 2.83. The number of rotatable bonds is 5. The molecule has 0 radical (unpaired) electrons. The molecule has 0 saturated carbocycles. The monoisotopic (exact) mass is 449 g/mol. The molecule has 4 atom stereocenters. The second kappa shape index (κ2) is 9.76. The van der Waals surface area contributed by atoms with Crippen molar-refractivity contribution in [1.29, 1.82) is 0 Å². The summed E-state index contributed by atoms with van der Waals surface area (Å²) in [5.41, 5.74) is 0.0523. The van der Waals surface area contributed by atoms with Crippen LogP contribution in [0.2, 0.25) is 0 Å². The highest BCUT2D eigenvalue weighted by Crippen LogP contribution is 2.29. The fourth-order valence-electron chi connectivity index (χ4n) is 3.59. The number of nitrogens with zero attached hydrogens (tertiary/aromatic N) is 2. The number of hydrogen-bond acceptors (Lipinski definition) is 7. The van der Waals surface area contributed by atoms with Crippen LogP contribution in [-0.4, -0.2) is 45.3 Å². The molecular weight excluding hydrogens is 426 g/mol. The number of amides is 1. The number of aromatic nitrogens is 2. The van der Waals surface area contributed by atoms with Gasteiger partial charge in [0.25, 0.3) is 5.91 Å². The molecule has 9 heteroatoms. The summed E-state index contributed by atoms with van der Waals surface area (Å²) in [5, 5.41) is 13.4. The lowest BCUT2D eigenvalue weighted by molar-refractivity contribution is -0.190. The second-order valence-electron chi connectivity index (χ2n) is 7.75. The minimum atomic E-state index is -1.30. The smallest absolute Gasteiger partial charge is 0.351 e. The molecule has 0 aliphatic carbocycles. The van der Waals surface area contributed by atoms with Gasteiger partial charge < -0.3 is 19.9 Å². The molecule has 1 fully saturated rings. The van der Waals surface area contributed by atoms with Crippen LogP contribution in [-0.2, 0) is 9.47 Å². The van der Waals surface area contributed by atoms with Crippen LogP contribution in [0, 0.1) is 5.92 Å². The van der Waals surface area contributed by atoms with Gasteiger partial charge in [0.2, 0.25) is 0 Å². The number of carbonyl (C=O) groups excluding carboxylic acids is 2. The highest BCUT2D eigenvalue weighted by atomic mass is 16.6. The van der Waals surface area contributed by atoms with Crippen molar-refractivity contribution >= 4 is 17.7 Å². The van der Waals surface area contributed by atoms with E-state index in [9.17, 15) is 19.5 Å². The van der Waals surface area contributed by atoms with Crippen LogP contribution in [0.3, 0.4) is 0 Å². The summed E-state index contributed by atoms with van der Waals surface area (Å²) < 4.78 is 12.3. The molecule has 4 rings (SSSR count). The van der Waals surface area contributed by atoms with Gasteiger partial charge in [-0.1, -0.05) is 43.3 Å². The van der Waals surface area contributed by atoms with Gasteiger partial charge in [-0.25, -0.2) is 9.59 Å². The maximum atomic E-state index is 12.6. The maximum Gasteiger partial charge on any atom is 0.351 e. The molecule has 2 N–H and O–H groups in total. The van der Waals surface area contributed by atoms with Gasteiger partial charge in [-0.3, -0.25) is 9.36 Å². The highest BCUT2D eigenvalue weighted by Gasteiger charge is 2.41. The first-order chi connectivity index (χ1) is 15.9. The summed E-state index contributed by atoms with van der Waals surface area (Å²) >= 11 is 0. The minimum Gasteiger partial charge on any atom is -0.455 e. The third-order valence-electron chi connectivity index (χ3n) is 5.35. The molecule has 1 aromatic heterocycles. The van der Waals surface area contributed by atoms with Crippen molar-refractivity contribution in [3.05, 3.63) is 94.5 Å². The number of aliphatic hydroxyl groups is 1. The van der Waals surface area contributed by atoms with Crippen molar-refractivity contribution < 1.29 is 24.2 Å². The molecule has 1 unspecified atom stereocenters. The van der Waals surface area contributed by atoms with Gasteiger partial charge >= 0.3 is 11.7 Å². The van der Waals surface area contributed by atoms with Crippen molar-refractivity contribution in [2.45, 2.75) is 25.4 Å². The molecule has 1 aliphatic rings. The lowest BCUT2D eigenvalue weighted by Crippen LogP contribution is -2.51. The topological polar surface area (TPSA) is 120 Å². The molecule has 2 heterocycles. The van der Waals surface area contributed by atoms with E-state index in [1.165, 1.54) is 12.3 Å². The van der Waals surface area contributed by atoms with Crippen molar-refractivity contribution in [3.63, 3.8) is 0 Å². The largest absolute Gasteiger partial charge is 0.455 e. The normalized spacial score (nSPS) is 22.4. The average molecular weight is 449 g/mol. The van der Waals surface area contributed by atoms with Crippen LogP contribution in [0.25, 0.3) is 0 Å². The predicted octanol–water partition coefficient (Wildman–Crippen LogP) is 2.25. The third kappa shape index (κ3) is 5.00. The fourth-order valence-corrected chi connectivity index (χ4v) is 3.59. The lowest BCUT2D eigenvalue weighted by atomic mass is 9.96. The highest BCUT2D eigenvalue weighted by molar-refractivity contribution is 6.03. The van der Waals surface area contributed by atoms with Gasteiger partial charge in [0, 0.05) is 17.7 Å². The molecule has 1 saturated heterocycles. The van der Waals surface area contributed by atoms with E-state index < -0.39 is 36.0 Å². The Morgan fingerprint density at radius 1 is 1.06 bits per heavy atom. The lowest BCUT2D eigenvalue weighted by Gasteiger charge is -2.38. The van der Waals surface area contributed by atoms with E-state index in [1.54, 1.807) is 67.6 Å². The van der Waals surface area contributed by atoms with Gasteiger partial charge in [-0.2, -0.15) is 4.98 Å². The molecule has 3 aromatic rings. The van der Waals surface area contributed by atoms with Gasteiger partial charge in [0.15, 0.2) is 6.23 Å². The fraction of sp³-hybridized carbons (Fsp3) is 0.250. The Bertz CT molecular complexity index is 1180. The number of aliphatic hydroxyl groups excluding tert-OH is 1. The SMILES string of the molecule is C[C@H]1COC(n2ccc(NC(=O)c3ccccc3)nc2=O)[C@H](O)[C@H]1OC(=O)c1ccccc1. The van der Waals surface area contributed by atoms with E-state index in [-0.39, 0.29) is 18.3 Å². The summed E-state index contributed by atoms with van der Waals surface area (Å²) in [4.78, 5) is 41.3. The molecule has 0 spiro atoms. The molecule has 2 aromatic carbocycles. The number of nitrogens with one attached hydrogen (secondary N) is 1. The van der Waals surface area contributed by atoms with Gasteiger partial charge in [0.05, 0.1) is 12.2 Å². The Hall–Kier alpha value is -3.82. The van der Waals surface area contributed by atoms with Crippen molar-refractivity contribution in [2.24, 2.45) is 5.92 Å². The number of hydrogen-bond donors (Lipinski definition) is 2. The summed E-state index contributed by atoms with van der Waals surface area (Å²) in [7, 11) is 0. The Morgan fingerprint density at radius 2 is 1.70 bits per heavy atom. The zero-order chi connectivity index (χ0) is 23.4. The summed E-state index contributed by atoms with van der Waals surface area (Å²) in [6.45, 7) is 1.94. The van der Waals surface area contributed by atoms with E-state index in [1.807, 2.05) is 0 Å². The van der Waals surface area contributed by atoms with Crippen molar-refractivity contribution in [1.82, 2.24) is 9.55 Å². The molecule has 0 bridgehead atoms. The van der Waals surface area contributed by atoms with Crippen LogP contribution < -0.4 is 11.0 Å². The first-order valence-electron chi connectivity index (χ1n) is 10.5. The Kier molecular flexibility index (Phi) is 6.62. The zero-order valence-electron chi connectivity index (χ0n) is 17.8. The van der Waals surface area contributed by atoms with Gasteiger partial charge in [0.1, 0.15) is 18.0 Å². The number of benzene rings is 2. The Morgan fingerprint density at radius 3 is 2.33 bits per heavy atom. The van der Waals surface area contributed by atoms with E-state index >= 15 is 0 Å². The van der Waals surface area contributed by atoms with Crippen LogP contribution in [0.15, 0.2) is 77.7 Å². The minimum absolute atomic E-state index is 0.0656. The first-order valence-corrected chi connectivity index (χ1v) is 10.5. The quantitative estimate of drug-likeness (QED) is 0.573. The Labute approximate surface area is 189 Å². The molecule has 1 aliphatic heterocycles. The third-order valence-corrected chi connectivity index (χ3v) is 5.35. The van der Waals surface area contributed by atoms with E-state index in [0.29, 0.717) is 11.1 Å². The number of carbonyl (C=O) groups is 2. The standard InChI is InChI=1S/C24H23N3O6/c1-15-14-32-22(19(28)20(15)33-23(30)17-10-6-3-7-11-17)27-13-12-18(26-24(27)31)25-21(29)16-8-4-2-5-9-16/h2-13,15,19-20,22,28H,14H2,1H3,(H,25,26,29,31)/t15-,19+,20-,22?/m0/s1. The number of esters is 1. The summed E-state index contributed by atoms with van der Waals surface area (Å²) in [6.07, 6.45) is -1.92. The maximum absolute atomic E-state index is 12.6. The molecule has 1 amide bonds. The molecule has 9 nitrogen and oxygen atoms in total. The van der Waals surface area contributed by atoms with Crippen LogP contribution in [0.1, 0.15) is 33.9 Å². The second-order valence-corrected chi connectivity index (χ2v) is 7.75. The van der Waals surface area contributed by atoms with Crippen LogP contribution in [0.4, 0.5) is 5.82 Å². The predicted molar refractivity (Wildman–Crippen MR) is 119 cm³/mol. The van der Waals surface area contributed by atoms with Gasteiger partial charge in [-0.15, -0.1) is 0 Å². The zero-order valence-corrected chi connectivity index (χ0v) is 17.8. The van der Waals surface area contributed by atoms with Crippen LogP contribution >= 0.6 is 0 Å². The molecule has 170 valence electrons. The number of anilines is 1. The Balaban J connectivity index is 1.49. The van der Waals surface area contributed by atoms with Crippen molar-refractivity contribution in [2.75, 3.05) is 11.9 Å². The molecule has 33 heavy (non-hydrogen) atoms. The van der Waals surface area contributed by atoms with Gasteiger partial charge in [-0.05, 0) is 30.3 Å². The number of ether oxygens (including phenoxy) is 2. The van der Waals surface area contributed by atoms with E-state index in [2.05, 4.69) is 10.3 Å². The molecular formula is C24H23N3O6. The summed E-state index contributed by atoms with van der Waals surface area (Å²) in [5.74, 6) is -1.21. The van der Waals surface area contributed by atoms with E-state index in [0.717, 1.165) is 4.57 Å². The van der Waals surface area contributed by atoms with Crippen LogP contribution in [0.5, 0.6) is 0 Å². The van der Waals surface area contributed by atoms with E-state index in [4.69, 9.17) is 9.47 Å². The van der Waals surface area contributed by atoms with Crippen molar-refractivity contribution in [3.8, 4) is 0 Å². The summed E-state index contributed by atoms with van der Waals surface area (Å²) in [6, 6.07) is 18.4. The first kappa shape index (κ1) is 22.4.